The van der Waals surface area contributed by atoms with Gasteiger partial charge in [-0.15, -0.1) is 12.4 Å². The van der Waals surface area contributed by atoms with Crippen molar-refractivity contribution in [3.63, 3.8) is 0 Å². The summed E-state index contributed by atoms with van der Waals surface area (Å²) in [7, 11) is 1.70. The Kier molecular flexibility index (Phi) is 7.65. The third-order valence-corrected chi connectivity index (χ3v) is 3.10. The van der Waals surface area contributed by atoms with Gasteiger partial charge in [0.2, 0.25) is 0 Å². The maximum Gasteiger partial charge on any atom is 0.123 e. The first-order valence-corrected chi connectivity index (χ1v) is 6.88. The van der Waals surface area contributed by atoms with Gasteiger partial charge in [0.25, 0.3) is 0 Å². The maximum absolute atomic E-state index is 5.62. The molecule has 0 fully saturated rings. The Morgan fingerprint density at radius 1 is 0.857 bits per heavy atom. The first-order valence-electron chi connectivity index (χ1n) is 6.88. The van der Waals surface area contributed by atoms with Crippen LogP contribution < -0.4 is 14.8 Å². The molecule has 0 aliphatic rings. The van der Waals surface area contributed by atoms with Crippen molar-refractivity contribution in [2.45, 2.75) is 20.0 Å². The molecule has 3 nitrogen and oxygen atoms in total. The van der Waals surface area contributed by atoms with E-state index in [1.807, 2.05) is 43.3 Å². The van der Waals surface area contributed by atoms with E-state index in [-0.39, 0.29) is 12.4 Å². The third kappa shape index (κ3) is 4.96. The molecule has 0 unspecified atom stereocenters. The third-order valence-electron chi connectivity index (χ3n) is 3.10. The lowest BCUT2D eigenvalue weighted by Crippen LogP contribution is -2.14. The second-order valence-electron chi connectivity index (χ2n) is 4.46. The van der Waals surface area contributed by atoms with Crippen LogP contribution in [0.1, 0.15) is 18.1 Å². The average molecular weight is 308 g/mol. The lowest BCUT2D eigenvalue weighted by Gasteiger charge is -2.12. The van der Waals surface area contributed by atoms with Gasteiger partial charge in [0.1, 0.15) is 11.5 Å². The standard InChI is InChI=1S/C17H21NO2.ClH/c1-3-20-17-11-7-5-9-15(17)13-18-12-14-8-4-6-10-16(14)19-2;/h4-11,18H,3,12-13H2,1-2H3;1H. The zero-order chi connectivity index (χ0) is 14.2. The van der Waals surface area contributed by atoms with Crippen molar-refractivity contribution in [3.8, 4) is 11.5 Å². The van der Waals surface area contributed by atoms with Crippen LogP contribution in [0.15, 0.2) is 48.5 Å². The molecule has 0 spiro atoms. The van der Waals surface area contributed by atoms with E-state index in [0.717, 1.165) is 30.2 Å². The predicted molar refractivity (Wildman–Crippen MR) is 88.4 cm³/mol. The molecule has 0 saturated carbocycles. The minimum absolute atomic E-state index is 0. The number of halogens is 1. The van der Waals surface area contributed by atoms with Crippen LogP contribution in [-0.4, -0.2) is 13.7 Å². The van der Waals surface area contributed by atoms with E-state index in [2.05, 4.69) is 17.4 Å². The van der Waals surface area contributed by atoms with Crippen LogP contribution >= 0.6 is 12.4 Å². The van der Waals surface area contributed by atoms with E-state index in [9.17, 15) is 0 Å². The Balaban J connectivity index is 0.00000220. The van der Waals surface area contributed by atoms with Crippen LogP contribution in [-0.2, 0) is 13.1 Å². The Bertz CT molecular complexity index is 546. The van der Waals surface area contributed by atoms with Gasteiger partial charge in [0, 0.05) is 24.2 Å². The number of para-hydroxylation sites is 2. The molecule has 0 bridgehead atoms. The van der Waals surface area contributed by atoms with E-state index in [0.29, 0.717) is 6.61 Å². The summed E-state index contributed by atoms with van der Waals surface area (Å²) in [6.07, 6.45) is 0. The van der Waals surface area contributed by atoms with Gasteiger partial charge >= 0.3 is 0 Å². The minimum atomic E-state index is 0. The van der Waals surface area contributed by atoms with E-state index >= 15 is 0 Å². The Morgan fingerprint density at radius 3 is 1.95 bits per heavy atom. The topological polar surface area (TPSA) is 30.5 Å². The van der Waals surface area contributed by atoms with Crippen molar-refractivity contribution in [1.29, 1.82) is 0 Å². The van der Waals surface area contributed by atoms with Crippen LogP contribution in [0.4, 0.5) is 0 Å². The molecule has 0 saturated heterocycles. The second kappa shape index (κ2) is 9.27. The number of hydrogen-bond donors (Lipinski definition) is 1. The monoisotopic (exact) mass is 307 g/mol. The molecule has 0 aromatic heterocycles. The minimum Gasteiger partial charge on any atom is -0.496 e. The summed E-state index contributed by atoms with van der Waals surface area (Å²) < 4.78 is 11.0. The Labute approximate surface area is 132 Å². The van der Waals surface area contributed by atoms with Crippen LogP contribution in [0.2, 0.25) is 0 Å². The molecule has 0 aliphatic heterocycles. The highest BCUT2D eigenvalue weighted by Crippen LogP contribution is 2.19. The van der Waals surface area contributed by atoms with Gasteiger partial charge in [-0.1, -0.05) is 36.4 Å². The van der Waals surface area contributed by atoms with E-state index < -0.39 is 0 Å². The highest BCUT2D eigenvalue weighted by atomic mass is 35.5. The summed E-state index contributed by atoms with van der Waals surface area (Å²) in [6.45, 7) is 4.22. The molecule has 1 N–H and O–H groups in total. The van der Waals surface area contributed by atoms with Gasteiger partial charge in [0.05, 0.1) is 13.7 Å². The first kappa shape index (κ1) is 17.3. The Hall–Kier alpha value is -1.71. The molecule has 2 rings (SSSR count). The summed E-state index contributed by atoms with van der Waals surface area (Å²) in [6, 6.07) is 16.2. The number of nitrogens with one attached hydrogen (secondary N) is 1. The fraction of sp³-hybridized carbons (Fsp3) is 0.294. The van der Waals surface area contributed by atoms with Crippen molar-refractivity contribution in [2.24, 2.45) is 0 Å². The van der Waals surface area contributed by atoms with Crippen LogP contribution in [0.5, 0.6) is 11.5 Å². The zero-order valence-corrected chi connectivity index (χ0v) is 13.3. The quantitative estimate of drug-likeness (QED) is 0.844. The van der Waals surface area contributed by atoms with Crippen LogP contribution in [0, 0.1) is 0 Å². The van der Waals surface area contributed by atoms with Crippen molar-refractivity contribution in [1.82, 2.24) is 5.32 Å². The number of hydrogen-bond acceptors (Lipinski definition) is 3. The van der Waals surface area contributed by atoms with Crippen molar-refractivity contribution in [2.75, 3.05) is 13.7 Å². The van der Waals surface area contributed by atoms with Gasteiger partial charge in [0.15, 0.2) is 0 Å². The normalized spacial score (nSPS) is 9.81. The first-order chi connectivity index (χ1) is 9.85. The lowest BCUT2D eigenvalue weighted by atomic mass is 10.1. The van der Waals surface area contributed by atoms with Gasteiger partial charge in [-0.2, -0.15) is 0 Å². The fourth-order valence-corrected chi connectivity index (χ4v) is 2.13. The number of benzene rings is 2. The number of methoxy groups -OCH3 is 1. The highest BCUT2D eigenvalue weighted by Gasteiger charge is 2.04. The molecule has 2 aromatic rings. The van der Waals surface area contributed by atoms with Gasteiger partial charge in [-0.05, 0) is 19.1 Å². The Morgan fingerprint density at radius 2 is 1.38 bits per heavy atom. The average Bonchev–Trinajstić information content (AvgIpc) is 2.50. The SMILES string of the molecule is CCOc1ccccc1CNCc1ccccc1OC.Cl. The second-order valence-corrected chi connectivity index (χ2v) is 4.46. The predicted octanol–water partition coefficient (Wildman–Crippen LogP) is 3.81. The molecule has 0 atom stereocenters. The molecule has 0 aliphatic carbocycles. The van der Waals surface area contributed by atoms with Crippen LogP contribution in [0.25, 0.3) is 0 Å². The molecule has 0 heterocycles. The summed E-state index contributed by atoms with van der Waals surface area (Å²) in [5.74, 6) is 1.86. The molecule has 4 heteroatoms. The summed E-state index contributed by atoms with van der Waals surface area (Å²) in [4.78, 5) is 0. The van der Waals surface area contributed by atoms with Crippen molar-refractivity contribution < 1.29 is 9.47 Å². The molecule has 2 aromatic carbocycles. The van der Waals surface area contributed by atoms with Gasteiger partial charge in [-0.25, -0.2) is 0 Å². The maximum atomic E-state index is 5.62. The summed E-state index contributed by atoms with van der Waals surface area (Å²) >= 11 is 0. The molecular weight excluding hydrogens is 286 g/mol. The van der Waals surface area contributed by atoms with Gasteiger partial charge < -0.3 is 14.8 Å². The molecule has 21 heavy (non-hydrogen) atoms. The van der Waals surface area contributed by atoms with Crippen molar-refractivity contribution >= 4 is 12.4 Å². The molecule has 0 amide bonds. The number of rotatable bonds is 7. The van der Waals surface area contributed by atoms with E-state index in [4.69, 9.17) is 9.47 Å². The van der Waals surface area contributed by atoms with Gasteiger partial charge in [-0.3, -0.25) is 0 Å². The van der Waals surface area contributed by atoms with E-state index in [1.165, 1.54) is 5.56 Å². The van der Waals surface area contributed by atoms with Crippen molar-refractivity contribution in [3.05, 3.63) is 59.7 Å². The molecule has 0 radical (unpaired) electrons. The van der Waals surface area contributed by atoms with E-state index in [1.54, 1.807) is 7.11 Å². The summed E-state index contributed by atoms with van der Waals surface area (Å²) in [5, 5.41) is 3.43. The zero-order valence-electron chi connectivity index (χ0n) is 12.5. The smallest absolute Gasteiger partial charge is 0.123 e. The lowest BCUT2D eigenvalue weighted by molar-refractivity contribution is 0.335. The van der Waals surface area contributed by atoms with Crippen LogP contribution in [0.3, 0.4) is 0 Å². The fourth-order valence-electron chi connectivity index (χ4n) is 2.13. The largest absolute Gasteiger partial charge is 0.496 e. The molecular formula is C17H22ClNO2. The number of ether oxygens (including phenoxy) is 2. The summed E-state index contributed by atoms with van der Waals surface area (Å²) in [5.41, 5.74) is 2.33. The molecule has 114 valence electrons. The highest BCUT2D eigenvalue weighted by molar-refractivity contribution is 5.85.